The summed E-state index contributed by atoms with van der Waals surface area (Å²) in [6.45, 7) is 9.28. The largest absolute Gasteiger partial charge is 0.465 e. The second-order valence-electron chi connectivity index (χ2n) is 6.64. The van der Waals surface area contributed by atoms with E-state index in [-0.39, 0.29) is 22.9 Å². The maximum atomic E-state index is 12.0. The number of methoxy groups -OCH3 is 1. The second kappa shape index (κ2) is 7.44. The van der Waals surface area contributed by atoms with Gasteiger partial charge in [-0.2, -0.15) is 0 Å². The summed E-state index contributed by atoms with van der Waals surface area (Å²) in [4.78, 5) is 12.0. The lowest BCUT2D eigenvalue weighted by molar-refractivity contribution is -0.155. The molecule has 0 unspecified atom stereocenters. The van der Waals surface area contributed by atoms with Gasteiger partial charge in [-0.3, -0.25) is 4.79 Å². The summed E-state index contributed by atoms with van der Waals surface area (Å²) < 4.78 is 11.1. The molecule has 0 heterocycles. The number of esters is 1. The fourth-order valence-electron chi connectivity index (χ4n) is 3.44. The minimum absolute atomic E-state index is 0.0124. The molecule has 1 saturated carbocycles. The number of hydrogen-bond donors (Lipinski definition) is 0. The molecule has 0 atom stereocenters. The van der Waals surface area contributed by atoms with E-state index in [2.05, 4.69) is 27.7 Å². The highest BCUT2D eigenvalue weighted by Crippen LogP contribution is 2.50. The van der Waals surface area contributed by atoms with E-state index in [4.69, 9.17) is 9.47 Å². The van der Waals surface area contributed by atoms with Crippen LogP contribution < -0.4 is 0 Å². The minimum Gasteiger partial charge on any atom is -0.465 e. The van der Waals surface area contributed by atoms with E-state index >= 15 is 0 Å². The first-order valence-corrected chi connectivity index (χ1v) is 8.14. The van der Waals surface area contributed by atoms with E-state index < -0.39 is 0 Å². The van der Waals surface area contributed by atoms with Crippen LogP contribution in [0.15, 0.2) is 0 Å². The molecule has 0 aliphatic heterocycles. The van der Waals surface area contributed by atoms with Crippen molar-refractivity contribution in [3.63, 3.8) is 0 Å². The van der Waals surface area contributed by atoms with Crippen LogP contribution in [0.4, 0.5) is 0 Å². The summed E-state index contributed by atoms with van der Waals surface area (Å²) in [5.41, 5.74) is 0.0702. The van der Waals surface area contributed by atoms with Gasteiger partial charge in [-0.05, 0) is 57.8 Å². The molecule has 20 heavy (non-hydrogen) atoms. The molecule has 0 aromatic rings. The molecule has 0 radical (unpaired) electrons. The van der Waals surface area contributed by atoms with Gasteiger partial charge >= 0.3 is 5.97 Å². The van der Waals surface area contributed by atoms with Gasteiger partial charge in [0.15, 0.2) is 0 Å². The molecule has 118 valence electrons. The maximum absolute atomic E-state index is 12.0. The average molecular weight is 284 g/mol. The molecule has 0 bridgehead atoms. The smallest absolute Gasteiger partial charge is 0.308 e. The van der Waals surface area contributed by atoms with Crippen LogP contribution in [0.1, 0.15) is 72.6 Å². The first kappa shape index (κ1) is 17.5. The average Bonchev–Trinajstić information content (AvgIpc) is 2.47. The molecule has 1 aliphatic rings. The van der Waals surface area contributed by atoms with E-state index in [1.807, 2.05) is 0 Å². The molecule has 1 fully saturated rings. The summed E-state index contributed by atoms with van der Waals surface area (Å²) in [6.07, 6.45) is 7.12. The van der Waals surface area contributed by atoms with Crippen LogP contribution in [0.3, 0.4) is 0 Å². The van der Waals surface area contributed by atoms with E-state index in [0.717, 1.165) is 44.9 Å². The highest BCUT2D eigenvalue weighted by molar-refractivity contribution is 5.72. The molecule has 0 aromatic carbocycles. The first-order chi connectivity index (χ1) is 9.42. The van der Waals surface area contributed by atoms with Crippen molar-refractivity contribution in [2.24, 2.45) is 11.3 Å². The lowest BCUT2D eigenvalue weighted by Crippen LogP contribution is -2.47. The molecular formula is C17H32O3. The predicted octanol–water partition coefficient (Wildman–Crippen LogP) is 4.34. The third-order valence-corrected chi connectivity index (χ3v) is 5.48. The third kappa shape index (κ3) is 3.75. The molecule has 1 aliphatic carbocycles. The maximum Gasteiger partial charge on any atom is 0.308 e. The Morgan fingerprint density at radius 1 is 1.25 bits per heavy atom. The normalized spacial score (nSPS) is 27.4. The zero-order valence-electron chi connectivity index (χ0n) is 14.0. The van der Waals surface area contributed by atoms with Crippen LogP contribution in [0.25, 0.3) is 0 Å². The summed E-state index contributed by atoms with van der Waals surface area (Å²) >= 11 is 0. The Balaban J connectivity index is 2.55. The monoisotopic (exact) mass is 284 g/mol. The topological polar surface area (TPSA) is 35.5 Å². The van der Waals surface area contributed by atoms with Crippen molar-refractivity contribution in [3.05, 3.63) is 0 Å². The van der Waals surface area contributed by atoms with Gasteiger partial charge in [-0.15, -0.1) is 0 Å². The van der Waals surface area contributed by atoms with Crippen molar-refractivity contribution in [2.75, 3.05) is 13.7 Å². The van der Waals surface area contributed by atoms with E-state index in [0.29, 0.717) is 6.61 Å². The third-order valence-electron chi connectivity index (χ3n) is 5.48. The Kier molecular flexibility index (Phi) is 6.50. The highest BCUT2D eigenvalue weighted by Gasteiger charge is 2.47. The number of hydrogen-bond acceptors (Lipinski definition) is 3. The van der Waals surface area contributed by atoms with Gasteiger partial charge in [-0.1, -0.05) is 20.3 Å². The van der Waals surface area contributed by atoms with Crippen LogP contribution in [0.5, 0.6) is 0 Å². The first-order valence-electron chi connectivity index (χ1n) is 8.14. The van der Waals surface area contributed by atoms with Crippen molar-refractivity contribution < 1.29 is 14.3 Å². The Hall–Kier alpha value is -0.570. The van der Waals surface area contributed by atoms with Gasteiger partial charge in [0, 0.05) is 7.11 Å². The van der Waals surface area contributed by atoms with Crippen LogP contribution >= 0.6 is 0 Å². The Labute approximate surface area is 124 Å². The van der Waals surface area contributed by atoms with Crippen molar-refractivity contribution in [3.8, 4) is 0 Å². The highest BCUT2D eigenvalue weighted by atomic mass is 16.5. The van der Waals surface area contributed by atoms with Crippen molar-refractivity contribution >= 4 is 5.97 Å². The molecular weight excluding hydrogens is 252 g/mol. The molecule has 0 aromatic heterocycles. The lowest BCUT2D eigenvalue weighted by Gasteiger charge is -2.49. The van der Waals surface area contributed by atoms with Gasteiger partial charge in [0.2, 0.25) is 0 Å². The van der Waals surface area contributed by atoms with Crippen LogP contribution in [0.2, 0.25) is 0 Å². The zero-order valence-corrected chi connectivity index (χ0v) is 14.0. The van der Waals surface area contributed by atoms with Gasteiger partial charge in [0.05, 0.1) is 18.1 Å². The van der Waals surface area contributed by atoms with E-state index in [9.17, 15) is 4.79 Å². The van der Waals surface area contributed by atoms with Crippen LogP contribution in [0, 0.1) is 11.3 Å². The zero-order chi connectivity index (χ0) is 15.2. The molecule has 1 rings (SSSR count). The summed E-state index contributed by atoms with van der Waals surface area (Å²) in [7, 11) is 1.79. The summed E-state index contributed by atoms with van der Waals surface area (Å²) in [5, 5.41) is 0. The van der Waals surface area contributed by atoms with Crippen molar-refractivity contribution in [2.45, 2.75) is 78.2 Å². The molecule has 0 amide bonds. The van der Waals surface area contributed by atoms with Crippen LogP contribution in [-0.4, -0.2) is 25.3 Å². The Morgan fingerprint density at radius 3 is 2.30 bits per heavy atom. The fraction of sp³-hybridized carbons (Fsp3) is 0.941. The van der Waals surface area contributed by atoms with Gasteiger partial charge in [0.1, 0.15) is 0 Å². The summed E-state index contributed by atoms with van der Waals surface area (Å²) in [5.74, 6) is 0.109. The van der Waals surface area contributed by atoms with E-state index in [1.165, 1.54) is 0 Å². The number of carbonyl (C=O) groups excluding carboxylic acids is 1. The molecule has 3 heteroatoms. The van der Waals surface area contributed by atoms with Gasteiger partial charge in [-0.25, -0.2) is 0 Å². The molecule has 0 saturated heterocycles. The van der Waals surface area contributed by atoms with Crippen LogP contribution in [-0.2, 0) is 14.3 Å². The summed E-state index contributed by atoms with van der Waals surface area (Å²) in [6, 6.07) is 0. The fourth-order valence-corrected chi connectivity index (χ4v) is 3.44. The quantitative estimate of drug-likeness (QED) is 0.515. The Bertz CT molecular complexity index is 301. The lowest BCUT2D eigenvalue weighted by atomic mass is 9.61. The second-order valence-corrected chi connectivity index (χ2v) is 6.64. The SMILES string of the molecule is CCCCOC(=O)C1CCC(CC)(C(C)(C)OC)CC1. The standard InChI is InChI=1S/C17H32O3/c1-6-8-13-20-15(18)14-9-11-17(7-2,12-10-14)16(3,4)19-5/h14H,6-13H2,1-5H3. The van der Waals surface area contributed by atoms with Gasteiger partial charge < -0.3 is 9.47 Å². The molecule has 0 N–H and O–H groups in total. The van der Waals surface area contributed by atoms with E-state index in [1.54, 1.807) is 7.11 Å². The number of unbranched alkanes of at least 4 members (excludes halogenated alkanes) is 1. The number of ether oxygens (including phenoxy) is 2. The minimum atomic E-state index is -0.126. The number of carbonyl (C=O) groups is 1. The predicted molar refractivity (Wildman–Crippen MR) is 81.6 cm³/mol. The molecule has 3 nitrogen and oxygen atoms in total. The van der Waals surface area contributed by atoms with Gasteiger partial charge in [0.25, 0.3) is 0 Å². The Morgan fingerprint density at radius 2 is 1.85 bits per heavy atom. The number of rotatable bonds is 7. The van der Waals surface area contributed by atoms with Crippen molar-refractivity contribution in [1.82, 2.24) is 0 Å². The molecule has 0 spiro atoms. The van der Waals surface area contributed by atoms with Crippen molar-refractivity contribution in [1.29, 1.82) is 0 Å².